The van der Waals surface area contributed by atoms with Crippen LogP contribution in [-0.2, 0) is 19.3 Å². The lowest BCUT2D eigenvalue weighted by molar-refractivity contribution is 1.08. The maximum absolute atomic E-state index is 4.12. The van der Waals surface area contributed by atoms with Gasteiger partial charge < -0.3 is 0 Å². The molecule has 0 aliphatic rings. The first-order valence-corrected chi connectivity index (χ1v) is 9.13. The highest BCUT2D eigenvalue weighted by Crippen LogP contribution is 2.19. The molecule has 132 valence electrons. The molecular weight excluding hydrogens is 330 g/mol. The van der Waals surface area contributed by atoms with Crippen molar-refractivity contribution in [1.82, 2.24) is 15.0 Å². The van der Waals surface area contributed by atoms with Gasteiger partial charge in [-0.25, -0.2) is 0 Å². The molecule has 0 aliphatic heterocycles. The van der Waals surface area contributed by atoms with Crippen molar-refractivity contribution in [3.8, 4) is 0 Å². The summed E-state index contributed by atoms with van der Waals surface area (Å²) in [5, 5.41) is 0. The van der Waals surface area contributed by atoms with E-state index in [-0.39, 0.29) is 0 Å². The molecule has 4 aromatic rings. The van der Waals surface area contributed by atoms with Crippen LogP contribution in [0.2, 0.25) is 0 Å². The number of aromatic nitrogens is 3. The van der Waals surface area contributed by atoms with Crippen molar-refractivity contribution in [1.29, 1.82) is 0 Å². The van der Waals surface area contributed by atoms with E-state index in [2.05, 4.69) is 69.5 Å². The minimum Gasteiger partial charge on any atom is -0.265 e. The summed E-state index contributed by atoms with van der Waals surface area (Å²) >= 11 is 0. The summed E-state index contributed by atoms with van der Waals surface area (Å²) in [6.07, 6.45) is 13.9. The van der Waals surface area contributed by atoms with Crippen molar-refractivity contribution in [2.45, 2.75) is 19.3 Å². The normalized spacial score (nSPS) is 10.7. The Bertz CT molecular complexity index is 839. The lowest BCUT2D eigenvalue weighted by atomic mass is 9.94. The van der Waals surface area contributed by atoms with Crippen LogP contribution in [0.25, 0.3) is 0 Å². The molecule has 0 saturated heterocycles. The third-order valence-corrected chi connectivity index (χ3v) is 4.59. The second-order valence-electron chi connectivity index (χ2n) is 6.75. The average molecular weight is 351 g/mol. The number of pyridine rings is 3. The highest BCUT2D eigenvalue weighted by molar-refractivity contribution is 5.38. The summed E-state index contributed by atoms with van der Waals surface area (Å²) in [6, 6.07) is 19.4. The Labute approximate surface area is 159 Å². The number of benzene rings is 1. The van der Waals surface area contributed by atoms with Crippen molar-refractivity contribution in [3.05, 3.63) is 125 Å². The number of nitrogens with zero attached hydrogens (tertiary/aromatic N) is 3. The molecule has 0 spiro atoms. The van der Waals surface area contributed by atoms with Crippen LogP contribution in [0.3, 0.4) is 0 Å². The third kappa shape index (κ3) is 4.85. The molecule has 3 heterocycles. The summed E-state index contributed by atoms with van der Waals surface area (Å²) in [4.78, 5) is 12.4. The molecule has 0 unspecified atom stereocenters. The Balaban J connectivity index is 1.64. The standard InChI is InChI=1S/C24H21N3/c1-7-25-8-2-19(1)13-22-16-23(14-20-3-9-26-10-4-20)18-24(17-22)15-21-5-11-27-12-6-21/h1-12,16-18H,13-15H2. The molecular formula is C24H21N3. The van der Waals surface area contributed by atoms with E-state index in [4.69, 9.17) is 0 Å². The predicted octanol–water partition coefficient (Wildman–Crippen LogP) is 4.64. The van der Waals surface area contributed by atoms with Crippen LogP contribution in [0.1, 0.15) is 33.4 Å². The van der Waals surface area contributed by atoms with Gasteiger partial charge in [0, 0.05) is 37.2 Å². The molecule has 3 aromatic heterocycles. The Morgan fingerprint density at radius 2 is 0.630 bits per heavy atom. The van der Waals surface area contributed by atoms with E-state index in [9.17, 15) is 0 Å². The van der Waals surface area contributed by atoms with Gasteiger partial charge in [0.15, 0.2) is 0 Å². The first-order chi connectivity index (χ1) is 13.3. The summed E-state index contributed by atoms with van der Waals surface area (Å²) in [5.74, 6) is 0. The maximum atomic E-state index is 4.12. The molecule has 3 heteroatoms. The Morgan fingerprint density at radius 1 is 0.370 bits per heavy atom. The summed E-state index contributed by atoms with van der Waals surface area (Å²) in [7, 11) is 0. The van der Waals surface area contributed by atoms with Gasteiger partial charge in [0.1, 0.15) is 0 Å². The molecule has 0 atom stereocenters. The van der Waals surface area contributed by atoms with Crippen LogP contribution in [0.15, 0.2) is 91.8 Å². The van der Waals surface area contributed by atoms with Crippen molar-refractivity contribution in [2.75, 3.05) is 0 Å². The fourth-order valence-electron chi connectivity index (χ4n) is 3.35. The molecule has 0 fully saturated rings. The lowest BCUT2D eigenvalue weighted by Gasteiger charge is -2.11. The van der Waals surface area contributed by atoms with Gasteiger partial charge in [0.05, 0.1) is 0 Å². The average Bonchev–Trinajstić information content (AvgIpc) is 2.70. The maximum Gasteiger partial charge on any atom is 0.0270 e. The molecule has 1 aromatic carbocycles. The minimum atomic E-state index is 0.913. The molecule has 0 amide bonds. The quantitative estimate of drug-likeness (QED) is 0.508. The van der Waals surface area contributed by atoms with Gasteiger partial charge in [-0.05, 0) is 89.0 Å². The van der Waals surface area contributed by atoms with Crippen molar-refractivity contribution in [3.63, 3.8) is 0 Å². The summed E-state index contributed by atoms with van der Waals surface area (Å²) in [5.41, 5.74) is 7.83. The molecule has 27 heavy (non-hydrogen) atoms. The molecule has 0 bridgehead atoms. The highest BCUT2D eigenvalue weighted by Gasteiger charge is 2.05. The van der Waals surface area contributed by atoms with Crippen molar-refractivity contribution < 1.29 is 0 Å². The van der Waals surface area contributed by atoms with E-state index < -0.39 is 0 Å². The second-order valence-corrected chi connectivity index (χ2v) is 6.75. The molecule has 3 nitrogen and oxygen atoms in total. The fraction of sp³-hybridized carbons (Fsp3) is 0.125. The Kier molecular flexibility index (Phi) is 5.30. The lowest BCUT2D eigenvalue weighted by Crippen LogP contribution is -1.98. The Morgan fingerprint density at radius 3 is 0.889 bits per heavy atom. The number of hydrogen-bond donors (Lipinski definition) is 0. The monoisotopic (exact) mass is 351 g/mol. The van der Waals surface area contributed by atoms with Gasteiger partial charge in [0.25, 0.3) is 0 Å². The first-order valence-electron chi connectivity index (χ1n) is 9.13. The van der Waals surface area contributed by atoms with Crippen LogP contribution >= 0.6 is 0 Å². The zero-order valence-electron chi connectivity index (χ0n) is 15.1. The van der Waals surface area contributed by atoms with Gasteiger partial charge in [-0.15, -0.1) is 0 Å². The van der Waals surface area contributed by atoms with Gasteiger partial charge in [0.2, 0.25) is 0 Å². The number of rotatable bonds is 6. The van der Waals surface area contributed by atoms with Crippen molar-refractivity contribution >= 4 is 0 Å². The van der Waals surface area contributed by atoms with Crippen LogP contribution in [0, 0.1) is 0 Å². The number of hydrogen-bond acceptors (Lipinski definition) is 3. The summed E-state index contributed by atoms with van der Waals surface area (Å²) in [6.45, 7) is 0. The molecule has 4 rings (SSSR count). The van der Waals surface area contributed by atoms with Crippen LogP contribution in [-0.4, -0.2) is 15.0 Å². The third-order valence-electron chi connectivity index (χ3n) is 4.59. The largest absolute Gasteiger partial charge is 0.265 e. The summed E-state index contributed by atoms with van der Waals surface area (Å²) < 4.78 is 0. The predicted molar refractivity (Wildman–Crippen MR) is 108 cm³/mol. The first kappa shape index (κ1) is 17.1. The van der Waals surface area contributed by atoms with E-state index in [1.807, 2.05) is 37.2 Å². The van der Waals surface area contributed by atoms with Gasteiger partial charge in [-0.1, -0.05) is 18.2 Å². The van der Waals surface area contributed by atoms with E-state index in [1.165, 1.54) is 33.4 Å². The van der Waals surface area contributed by atoms with E-state index in [0.29, 0.717) is 0 Å². The van der Waals surface area contributed by atoms with E-state index in [1.54, 1.807) is 0 Å². The second kappa shape index (κ2) is 8.37. The van der Waals surface area contributed by atoms with Gasteiger partial charge >= 0.3 is 0 Å². The molecule has 0 aliphatic carbocycles. The van der Waals surface area contributed by atoms with E-state index in [0.717, 1.165) is 19.3 Å². The zero-order chi connectivity index (χ0) is 18.3. The van der Waals surface area contributed by atoms with Gasteiger partial charge in [-0.3, -0.25) is 15.0 Å². The van der Waals surface area contributed by atoms with Gasteiger partial charge in [-0.2, -0.15) is 0 Å². The van der Waals surface area contributed by atoms with E-state index >= 15 is 0 Å². The molecule has 0 radical (unpaired) electrons. The fourth-order valence-corrected chi connectivity index (χ4v) is 3.35. The smallest absolute Gasteiger partial charge is 0.0270 e. The Hall–Kier alpha value is -3.33. The van der Waals surface area contributed by atoms with Crippen LogP contribution in [0.4, 0.5) is 0 Å². The minimum absolute atomic E-state index is 0.913. The highest BCUT2D eigenvalue weighted by atomic mass is 14.6. The zero-order valence-corrected chi connectivity index (χ0v) is 15.1. The topological polar surface area (TPSA) is 38.7 Å². The van der Waals surface area contributed by atoms with Crippen molar-refractivity contribution in [2.24, 2.45) is 0 Å². The molecule has 0 saturated carbocycles. The van der Waals surface area contributed by atoms with Crippen LogP contribution < -0.4 is 0 Å². The SMILES string of the molecule is c1cc(Cc2cc(Cc3ccncc3)cc(Cc3ccncc3)c2)ccn1. The molecule has 0 N–H and O–H groups in total. The van der Waals surface area contributed by atoms with Crippen LogP contribution in [0.5, 0.6) is 0 Å².